The minimum absolute atomic E-state index is 0.248. The van der Waals surface area contributed by atoms with E-state index in [1.54, 1.807) is 6.07 Å². The molecule has 2 aliphatic carbocycles. The van der Waals surface area contributed by atoms with Crippen molar-refractivity contribution < 1.29 is 10.8 Å². The Kier molecular flexibility index (Phi) is 7.01. The lowest BCUT2D eigenvalue weighted by Gasteiger charge is -2.30. The van der Waals surface area contributed by atoms with E-state index < -0.39 is 0 Å². The number of piperidine rings is 1. The van der Waals surface area contributed by atoms with Crippen molar-refractivity contribution in [3.8, 4) is 5.75 Å². The summed E-state index contributed by atoms with van der Waals surface area (Å²) in [4.78, 5) is 12.4. The largest absolute Gasteiger partial charge is 0.507 e. The summed E-state index contributed by atoms with van der Waals surface area (Å²) in [7, 11) is 1.88. The van der Waals surface area contributed by atoms with Crippen LogP contribution in [-0.2, 0) is 0 Å². The molecule has 6 rings (SSSR count). The maximum absolute atomic E-state index is 10.4. The van der Waals surface area contributed by atoms with Gasteiger partial charge in [0.1, 0.15) is 17.3 Å². The molecular formula is C30H42N7O+. The molecule has 0 amide bonds. The second kappa shape index (κ2) is 10.6. The highest BCUT2D eigenvalue weighted by Crippen LogP contribution is 2.58. The van der Waals surface area contributed by atoms with E-state index in [0.717, 1.165) is 61.3 Å². The predicted molar refractivity (Wildman–Crippen MR) is 148 cm³/mol. The average molecular weight is 517 g/mol. The van der Waals surface area contributed by atoms with Crippen LogP contribution in [0.3, 0.4) is 0 Å². The lowest BCUT2D eigenvalue weighted by molar-refractivity contribution is -0.307. The molecule has 2 saturated heterocycles. The second-order valence-electron chi connectivity index (χ2n) is 11.8. The number of likely N-dealkylation sites (tertiary alicyclic amines) is 1. The number of allylic oxidation sites excluding steroid dienone is 1. The smallest absolute Gasteiger partial charge is 0.217 e. The summed E-state index contributed by atoms with van der Waals surface area (Å²) in [5.41, 5.74) is 14.4. The Labute approximate surface area is 225 Å². The molecular weight excluding hydrogens is 474 g/mol. The summed E-state index contributed by atoms with van der Waals surface area (Å²) < 4.78 is 0. The molecule has 202 valence electrons. The van der Waals surface area contributed by atoms with E-state index >= 15 is 0 Å². The number of fused-ring (bicyclic) bond motifs is 1. The first-order chi connectivity index (χ1) is 18.5. The van der Waals surface area contributed by atoms with Gasteiger partial charge in [0.15, 0.2) is 0 Å². The maximum atomic E-state index is 10.4. The number of aromatic hydroxyl groups is 1. The average Bonchev–Trinajstić information content (AvgIpc) is 3.45. The molecule has 4 fully saturated rings. The molecule has 8 heteroatoms. The number of aromatic nitrogens is 2. The minimum Gasteiger partial charge on any atom is -0.507 e. The van der Waals surface area contributed by atoms with Gasteiger partial charge in [-0.3, -0.25) is 0 Å². The van der Waals surface area contributed by atoms with Gasteiger partial charge < -0.3 is 32.1 Å². The first kappa shape index (κ1) is 25.2. The van der Waals surface area contributed by atoms with Crippen LogP contribution in [0.5, 0.6) is 5.75 Å². The summed E-state index contributed by atoms with van der Waals surface area (Å²) in [6.45, 7) is 4.14. The molecule has 1 aromatic heterocycles. The van der Waals surface area contributed by atoms with E-state index in [9.17, 15) is 5.11 Å². The number of nitrogens with zero attached hydrogens (tertiary/aromatic N) is 3. The van der Waals surface area contributed by atoms with Gasteiger partial charge in [-0.25, -0.2) is 9.97 Å². The van der Waals surface area contributed by atoms with Gasteiger partial charge in [-0.2, -0.15) is 0 Å². The van der Waals surface area contributed by atoms with Crippen molar-refractivity contribution in [2.24, 2.45) is 29.4 Å². The molecule has 1 aromatic carbocycles. The van der Waals surface area contributed by atoms with E-state index in [1.807, 2.05) is 25.2 Å². The number of nitrogens with one attached hydrogen (secondary N) is 2. The Morgan fingerprint density at radius 2 is 1.84 bits per heavy atom. The van der Waals surface area contributed by atoms with Crippen LogP contribution < -0.4 is 22.1 Å². The molecule has 8 nitrogen and oxygen atoms in total. The lowest BCUT2D eigenvalue weighted by atomic mass is 9.89. The zero-order valence-electron chi connectivity index (χ0n) is 22.4. The molecule has 0 spiro atoms. The fourth-order valence-electron chi connectivity index (χ4n) is 7.83. The van der Waals surface area contributed by atoms with Crippen molar-refractivity contribution in [1.82, 2.24) is 25.5 Å². The quantitative estimate of drug-likeness (QED) is 0.373. The third-order valence-electron chi connectivity index (χ3n) is 9.62. The lowest BCUT2D eigenvalue weighted by Crippen LogP contribution is -2.54. The Morgan fingerprint density at radius 1 is 1.11 bits per heavy atom. The molecule has 2 aromatic rings. The van der Waals surface area contributed by atoms with Crippen LogP contribution in [-0.4, -0.2) is 53.2 Å². The predicted octanol–water partition coefficient (Wildman–Crippen LogP) is 2.34. The van der Waals surface area contributed by atoms with E-state index in [1.165, 1.54) is 31.2 Å². The van der Waals surface area contributed by atoms with Crippen LogP contribution in [0.2, 0.25) is 0 Å². The van der Waals surface area contributed by atoms with E-state index in [2.05, 4.69) is 39.7 Å². The van der Waals surface area contributed by atoms with Gasteiger partial charge in [0.25, 0.3) is 0 Å². The van der Waals surface area contributed by atoms with Crippen LogP contribution >= 0.6 is 0 Å². The Balaban J connectivity index is 1.22. The third kappa shape index (κ3) is 4.76. The van der Waals surface area contributed by atoms with Crippen molar-refractivity contribution in [2.45, 2.75) is 43.9 Å². The Morgan fingerprint density at radius 3 is 2.55 bits per heavy atom. The van der Waals surface area contributed by atoms with Gasteiger partial charge in [0, 0.05) is 49.7 Å². The molecule has 38 heavy (non-hydrogen) atoms. The molecule has 2 saturated carbocycles. The minimum atomic E-state index is 0.248. The zero-order chi connectivity index (χ0) is 26.2. The van der Waals surface area contributed by atoms with Gasteiger partial charge in [-0.15, -0.1) is 0 Å². The third-order valence-corrected chi connectivity index (χ3v) is 9.62. The number of hydrogen-bond acceptors (Lipinski definition) is 7. The molecule has 2 aliphatic heterocycles. The van der Waals surface area contributed by atoms with Gasteiger partial charge >= 0.3 is 0 Å². The molecule has 0 radical (unpaired) electrons. The number of benzene rings is 1. The molecule has 4 aliphatic rings. The van der Waals surface area contributed by atoms with E-state index in [-0.39, 0.29) is 5.75 Å². The molecule has 8 N–H and O–H groups in total. The molecule has 2 bridgehead atoms. The van der Waals surface area contributed by atoms with Crippen LogP contribution in [0, 0.1) is 23.7 Å². The molecule has 5 unspecified atom stereocenters. The number of quaternary nitrogens is 1. The number of nitrogens with two attached hydrogens (primary N) is 1. The normalized spacial score (nSPS) is 30.2. The maximum Gasteiger partial charge on any atom is 0.217 e. The summed E-state index contributed by atoms with van der Waals surface area (Å²) in [5, 5.41) is 17.2. The fraction of sp³-hybridized carbons (Fsp3) is 0.533. The highest BCUT2D eigenvalue weighted by Gasteiger charge is 2.52. The molecule has 3 heterocycles. The highest BCUT2D eigenvalue weighted by atomic mass is 16.3. The van der Waals surface area contributed by atoms with Crippen LogP contribution in [0.1, 0.15) is 60.9 Å². The number of phenolic OH excluding ortho intramolecular Hbond substituents is 1. The van der Waals surface area contributed by atoms with Crippen molar-refractivity contribution in [3.05, 3.63) is 71.2 Å². The number of phenols is 1. The summed E-state index contributed by atoms with van der Waals surface area (Å²) in [6, 6.07) is 7.40. The highest BCUT2D eigenvalue weighted by molar-refractivity contribution is 5.70. The summed E-state index contributed by atoms with van der Waals surface area (Å²) in [6.07, 6.45) is 12.3. The van der Waals surface area contributed by atoms with Crippen molar-refractivity contribution in [2.75, 3.05) is 33.2 Å². The molecule has 5 atom stereocenters. The zero-order valence-corrected chi connectivity index (χ0v) is 22.4. The van der Waals surface area contributed by atoms with Crippen LogP contribution in [0.15, 0.2) is 54.3 Å². The fourth-order valence-corrected chi connectivity index (χ4v) is 7.83. The number of hydrogen-bond donors (Lipinski definition) is 5. The summed E-state index contributed by atoms with van der Waals surface area (Å²) >= 11 is 0. The van der Waals surface area contributed by atoms with Gasteiger partial charge in [-0.1, -0.05) is 12.1 Å². The van der Waals surface area contributed by atoms with Crippen LogP contribution in [0.25, 0.3) is 5.70 Å². The number of rotatable bonds is 6. The SMILES string of the molecule is CN/C(=C\C(=C(\N)[NH3+])N1CC2CC3C(CC(c4ncc(C5CCNCC5)cn4)C3C2)C1)c1ccccc1O. The number of para-hydroxylation sites is 1. The Hall–Kier alpha value is -3.10. The van der Waals surface area contributed by atoms with Crippen molar-refractivity contribution >= 4 is 5.70 Å². The van der Waals surface area contributed by atoms with E-state index in [0.29, 0.717) is 35.4 Å². The topological polar surface area (TPSA) is 127 Å². The first-order valence-corrected chi connectivity index (χ1v) is 14.3. The van der Waals surface area contributed by atoms with Crippen molar-refractivity contribution in [1.29, 1.82) is 0 Å². The first-order valence-electron chi connectivity index (χ1n) is 14.3. The second-order valence-corrected chi connectivity index (χ2v) is 11.8. The van der Waals surface area contributed by atoms with Gasteiger partial charge in [0.05, 0.1) is 0 Å². The van der Waals surface area contributed by atoms with Gasteiger partial charge in [-0.05, 0) is 98.6 Å². The van der Waals surface area contributed by atoms with Gasteiger partial charge in [0.2, 0.25) is 5.82 Å². The Bertz CT molecular complexity index is 1200. The standard InChI is InChI=1S/C30H41N7O/c1-33-26(22-4-2-3-5-28(22)38)13-27(29(31)32)37-16-18-10-23-20(17-37)12-25(24(23)11-18)30-35-14-21(15-36-30)19-6-8-34-9-7-19/h2-5,13-15,18-20,23-25,33-34,38H,6-12,16-17,31-32H2,1H3/p+1/b26-13-. The van der Waals surface area contributed by atoms with Crippen molar-refractivity contribution in [3.63, 3.8) is 0 Å². The van der Waals surface area contributed by atoms with E-state index in [4.69, 9.17) is 15.7 Å². The summed E-state index contributed by atoms with van der Waals surface area (Å²) in [5.74, 6) is 5.55. The monoisotopic (exact) mass is 516 g/mol. The van der Waals surface area contributed by atoms with Crippen LogP contribution in [0.4, 0.5) is 0 Å².